The van der Waals surface area contributed by atoms with Gasteiger partial charge in [0.05, 0.1) is 18.0 Å². The van der Waals surface area contributed by atoms with Crippen molar-refractivity contribution in [2.24, 2.45) is 0 Å². The Morgan fingerprint density at radius 2 is 1.68 bits per heavy atom. The molecule has 1 aliphatic heterocycles. The van der Waals surface area contributed by atoms with E-state index in [0.717, 1.165) is 35.1 Å². The van der Waals surface area contributed by atoms with Gasteiger partial charge >= 0.3 is 0 Å². The molecule has 3 aromatic rings. The van der Waals surface area contributed by atoms with Crippen LogP contribution in [0.4, 0.5) is 0 Å². The number of para-hydroxylation sites is 1. The number of aliphatic hydroxyl groups excluding tert-OH is 1. The zero-order valence-electron chi connectivity index (χ0n) is 25.7. The van der Waals surface area contributed by atoms with Crippen LogP contribution >= 0.6 is 11.8 Å². The minimum atomic E-state index is -1.57. The third-order valence-corrected chi connectivity index (χ3v) is 9.94. The van der Waals surface area contributed by atoms with Gasteiger partial charge in [-0.15, -0.1) is 11.8 Å². The Morgan fingerprint density at radius 1 is 1.00 bits per heavy atom. The fourth-order valence-electron chi connectivity index (χ4n) is 6.24. The summed E-state index contributed by atoms with van der Waals surface area (Å²) in [4.78, 5) is 42.3. The van der Waals surface area contributed by atoms with Crippen molar-refractivity contribution >= 4 is 29.5 Å². The van der Waals surface area contributed by atoms with Gasteiger partial charge in [0.25, 0.3) is 11.8 Å². The number of hydrogen-bond donors (Lipinski definition) is 3. The first-order valence-corrected chi connectivity index (χ1v) is 16.1. The van der Waals surface area contributed by atoms with Crippen molar-refractivity contribution in [1.82, 2.24) is 15.5 Å². The van der Waals surface area contributed by atoms with Gasteiger partial charge in [0, 0.05) is 4.75 Å². The molecule has 9 heteroatoms. The summed E-state index contributed by atoms with van der Waals surface area (Å²) in [5, 5.41) is 17.5. The number of thioether (sulfide) groups is 1. The Balaban J connectivity index is 1.31. The second-order valence-electron chi connectivity index (χ2n) is 12.2. The predicted molar refractivity (Wildman–Crippen MR) is 172 cm³/mol. The van der Waals surface area contributed by atoms with Gasteiger partial charge in [-0.25, -0.2) is 0 Å². The normalized spacial score (nSPS) is 20.0. The maximum atomic E-state index is 14.0. The van der Waals surface area contributed by atoms with Crippen LogP contribution < -0.4 is 15.4 Å². The summed E-state index contributed by atoms with van der Waals surface area (Å²) in [5.41, 5.74) is 5.01. The number of ether oxygens (including phenoxy) is 1. The molecule has 1 heterocycles. The van der Waals surface area contributed by atoms with Crippen molar-refractivity contribution in [1.29, 1.82) is 0 Å². The minimum Gasteiger partial charge on any atom is -0.483 e. The van der Waals surface area contributed by atoms with Crippen molar-refractivity contribution in [2.45, 2.75) is 75.9 Å². The highest BCUT2D eigenvalue weighted by atomic mass is 32.2. The molecule has 3 amide bonds. The molecule has 232 valence electrons. The van der Waals surface area contributed by atoms with Crippen LogP contribution in [0.25, 0.3) is 0 Å². The predicted octanol–water partition coefficient (Wildman–Crippen LogP) is 4.25. The molecule has 1 saturated heterocycles. The van der Waals surface area contributed by atoms with Crippen LogP contribution in [0.1, 0.15) is 54.1 Å². The van der Waals surface area contributed by atoms with Gasteiger partial charge in [-0.3, -0.25) is 14.4 Å². The topological polar surface area (TPSA) is 108 Å². The van der Waals surface area contributed by atoms with Crippen molar-refractivity contribution < 1.29 is 24.2 Å². The van der Waals surface area contributed by atoms with E-state index in [0.29, 0.717) is 5.75 Å². The number of fused-ring (bicyclic) bond motifs is 1. The fourth-order valence-corrected chi connectivity index (χ4v) is 7.38. The van der Waals surface area contributed by atoms with Gasteiger partial charge < -0.3 is 25.4 Å². The number of rotatable bonds is 10. The lowest BCUT2D eigenvalue weighted by molar-refractivity contribution is -0.148. The van der Waals surface area contributed by atoms with Crippen molar-refractivity contribution in [3.05, 3.63) is 101 Å². The number of carbonyl (C=O) groups is 3. The van der Waals surface area contributed by atoms with E-state index >= 15 is 0 Å². The van der Waals surface area contributed by atoms with Crippen LogP contribution in [0.15, 0.2) is 72.8 Å². The van der Waals surface area contributed by atoms with Crippen molar-refractivity contribution in [3.8, 4) is 5.75 Å². The largest absolute Gasteiger partial charge is 0.483 e. The Kier molecular flexibility index (Phi) is 9.65. The van der Waals surface area contributed by atoms with Crippen LogP contribution in [-0.2, 0) is 27.2 Å². The molecule has 4 atom stereocenters. The zero-order chi connectivity index (χ0) is 31.4. The number of nitrogens with one attached hydrogen (secondary N) is 2. The third-order valence-electron chi connectivity index (χ3n) is 8.56. The highest BCUT2D eigenvalue weighted by Crippen LogP contribution is 2.41. The van der Waals surface area contributed by atoms with E-state index in [1.165, 1.54) is 22.2 Å². The minimum absolute atomic E-state index is 0.121. The molecule has 1 aliphatic carbocycles. The maximum absolute atomic E-state index is 14.0. The molecule has 8 nitrogen and oxygen atoms in total. The molecule has 3 N–H and O–H groups in total. The molecule has 3 aromatic carbocycles. The van der Waals surface area contributed by atoms with Gasteiger partial charge in [-0.1, -0.05) is 72.8 Å². The SMILES string of the molecule is Cc1cccc(C)c1OCC(=O)N[C@@H](Cc1ccccc1)[C@H](O)C(=O)N1CSC(C)(C)[C@@H]1C(=O)N[C@H]1CCc2ccccc21. The van der Waals surface area contributed by atoms with E-state index in [1.807, 2.05) is 94.4 Å². The van der Waals surface area contributed by atoms with E-state index in [2.05, 4.69) is 16.7 Å². The van der Waals surface area contributed by atoms with E-state index in [4.69, 9.17) is 4.74 Å². The number of aliphatic hydroxyl groups is 1. The first-order chi connectivity index (χ1) is 21.0. The average molecular weight is 616 g/mol. The lowest BCUT2D eigenvalue weighted by Crippen LogP contribution is -2.59. The van der Waals surface area contributed by atoms with Crippen LogP contribution in [0, 0.1) is 13.8 Å². The van der Waals surface area contributed by atoms with Gasteiger partial charge in [0.15, 0.2) is 12.7 Å². The van der Waals surface area contributed by atoms with Crippen LogP contribution in [0.2, 0.25) is 0 Å². The number of carbonyl (C=O) groups excluding carboxylic acids is 3. The number of aryl methyl sites for hydroxylation is 3. The molecule has 0 saturated carbocycles. The molecule has 1 fully saturated rings. The second-order valence-corrected chi connectivity index (χ2v) is 13.8. The van der Waals surface area contributed by atoms with E-state index in [1.54, 1.807) is 0 Å². The van der Waals surface area contributed by atoms with Crippen molar-refractivity contribution in [3.63, 3.8) is 0 Å². The highest BCUT2D eigenvalue weighted by molar-refractivity contribution is 8.00. The molecule has 5 rings (SSSR count). The average Bonchev–Trinajstić information content (AvgIpc) is 3.55. The Labute approximate surface area is 263 Å². The quantitative estimate of drug-likeness (QED) is 0.315. The lowest BCUT2D eigenvalue weighted by Gasteiger charge is -2.34. The van der Waals surface area contributed by atoms with Crippen LogP contribution in [0.5, 0.6) is 5.75 Å². The molecule has 0 radical (unpaired) electrons. The van der Waals surface area contributed by atoms with Gasteiger partial charge in [-0.05, 0) is 74.8 Å². The van der Waals surface area contributed by atoms with Gasteiger partial charge in [0.2, 0.25) is 5.91 Å². The van der Waals surface area contributed by atoms with E-state index < -0.39 is 34.7 Å². The molecule has 0 unspecified atom stereocenters. The number of benzene rings is 3. The summed E-state index contributed by atoms with van der Waals surface area (Å²) in [6.07, 6.45) is 0.343. The summed E-state index contributed by atoms with van der Waals surface area (Å²) in [6.45, 7) is 7.44. The molecule has 0 aromatic heterocycles. The molecule has 0 spiro atoms. The molecular weight excluding hydrogens is 574 g/mol. The van der Waals surface area contributed by atoms with Gasteiger partial charge in [0.1, 0.15) is 11.8 Å². The zero-order valence-corrected chi connectivity index (χ0v) is 26.5. The van der Waals surface area contributed by atoms with Crippen LogP contribution in [-0.4, -0.2) is 63.1 Å². The summed E-state index contributed by atoms with van der Waals surface area (Å²) in [5.74, 6) is -0.399. The maximum Gasteiger partial charge on any atom is 0.258 e. The fraction of sp³-hybridized carbons (Fsp3) is 0.400. The second kappa shape index (κ2) is 13.4. The van der Waals surface area contributed by atoms with E-state index in [-0.39, 0.29) is 30.9 Å². The lowest BCUT2D eigenvalue weighted by atomic mass is 9.96. The summed E-state index contributed by atoms with van der Waals surface area (Å²) in [7, 11) is 0. The molecule has 44 heavy (non-hydrogen) atoms. The van der Waals surface area contributed by atoms with Crippen molar-refractivity contribution in [2.75, 3.05) is 12.5 Å². The van der Waals surface area contributed by atoms with Gasteiger partial charge in [-0.2, -0.15) is 0 Å². The van der Waals surface area contributed by atoms with Crippen LogP contribution in [0.3, 0.4) is 0 Å². The Hall–Kier alpha value is -3.82. The Morgan fingerprint density at radius 3 is 2.41 bits per heavy atom. The number of amides is 3. The smallest absolute Gasteiger partial charge is 0.258 e. The summed E-state index contributed by atoms with van der Waals surface area (Å²) in [6, 6.07) is 21.4. The standard InChI is InChI=1S/C35H41N3O5S/c1-22-11-10-12-23(2)31(22)43-20-29(39)36-28(19-24-13-6-5-7-14-24)30(40)34(42)38-21-44-35(3,4)32(38)33(41)37-27-18-17-25-15-8-9-16-26(25)27/h5-16,27-28,30,32,40H,17-21H2,1-4H3,(H,36,39)(H,37,41)/t27-,28-,30-,32-/m0/s1. The third kappa shape index (κ3) is 6.94. The molecule has 2 aliphatic rings. The highest BCUT2D eigenvalue weighted by Gasteiger charge is 2.50. The first kappa shape index (κ1) is 31.6. The summed E-state index contributed by atoms with van der Waals surface area (Å²) >= 11 is 1.50. The number of hydrogen-bond acceptors (Lipinski definition) is 6. The first-order valence-electron chi connectivity index (χ1n) is 15.1. The Bertz CT molecular complexity index is 1490. The summed E-state index contributed by atoms with van der Waals surface area (Å²) < 4.78 is 5.26. The molecule has 0 bridgehead atoms. The van der Waals surface area contributed by atoms with E-state index in [9.17, 15) is 19.5 Å². The molecular formula is C35H41N3O5S. The number of nitrogens with zero attached hydrogens (tertiary/aromatic N) is 1. The monoisotopic (exact) mass is 615 g/mol.